The molecule has 0 aliphatic heterocycles. The van der Waals surface area contributed by atoms with Crippen molar-refractivity contribution in [1.29, 1.82) is 0 Å². The molecule has 0 saturated carbocycles. The average molecular weight is 278 g/mol. The molecule has 19 heavy (non-hydrogen) atoms. The van der Waals surface area contributed by atoms with E-state index < -0.39 is 31.0 Å². The van der Waals surface area contributed by atoms with Gasteiger partial charge in [-0.25, -0.2) is 0 Å². The van der Waals surface area contributed by atoms with Gasteiger partial charge in [-0.3, -0.25) is 0 Å². The molecule has 0 aromatic rings. The third kappa shape index (κ3) is 8.55. The maximum Gasteiger partial charge on any atom is 0.110 e. The van der Waals surface area contributed by atoms with Gasteiger partial charge in [0.15, 0.2) is 0 Å². The third-order valence-corrected chi connectivity index (χ3v) is 3.43. The molecule has 5 heteroatoms. The van der Waals surface area contributed by atoms with Gasteiger partial charge in [0.25, 0.3) is 0 Å². The molecule has 0 aliphatic carbocycles. The lowest BCUT2D eigenvalue weighted by molar-refractivity contribution is -0.116. The molecule has 0 aromatic heterocycles. The first-order valence-electron chi connectivity index (χ1n) is 7.37. The van der Waals surface area contributed by atoms with Gasteiger partial charge in [-0.15, -0.1) is 0 Å². The molecule has 0 amide bonds. The Morgan fingerprint density at radius 1 is 0.684 bits per heavy atom. The van der Waals surface area contributed by atoms with E-state index in [9.17, 15) is 15.3 Å². The molecule has 0 rings (SSSR count). The summed E-state index contributed by atoms with van der Waals surface area (Å²) in [5, 5.41) is 46.5. The average Bonchev–Trinajstić information content (AvgIpc) is 2.43. The Bertz CT molecular complexity index is 200. The smallest absolute Gasteiger partial charge is 0.110 e. The molecule has 4 unspecified atom stereocenters. The predicted molar refractivity (Wildman–Crippen MR) is 73.7 cm³/mol. The number of unbranched alkanes of at least 4 members (excludes halogenated alkanes) is 6. The van der Waals surface area contributed by atoms with E-state index in [1.54, 1.807) is 0 Å². The summed E-state index contributed by atoms with van der Waals surface area (Å²) < 4.78 is 0. The topological polar surface area (TPSA) is 101 Å². The van der Waals surface area contributed by atoms with Crippen molar-refractivity contribution >= 4 is 0 Å². The zero-order chi connectivity index (χ0) is 14.7. The maximum absolute atomic E-state index is 9.67. The predicted octanol–water partition coefficient (Wildman–Crippen LogP) is 0.563. The van der Waals surface area contributed by atoms with Crippen LogP contribution in [0.2, 0.25) is 0 Å². The summed E-state index contributed by atoms with van der Waals surface area (Å²) in [6.07, 6.45) is 2.79. The van der Waals surface area contributed by atoms with Crippen LogP contribution in [0.15, 0.2) is 0 Å². The highest BCUT2D eigenvalue weighted by atomic mass is 16.4. The van der Waals surface area contributed by atoms with Crippen molar-refractivity contribution in [1.82, 2.24) is 0 Å². The largest absolute Gasteiger partial charge is 0.394 e. The van der Waals surface area contributed by atoms with Crippen LogP contribution >= 0.6 is 0 Å². The lowest BCUT2D eigenvalue weighted by Crippen LogP contribution is -2.45. The Balaban J connectivity index is 3.64. The molecule has 0 fully saturated rings. The van der Waals surface area contributed by atoms with Crippen molar-refractivity contribution in [3.05, 3.63) is 0 Å². The molecule has 0 saturated heterocycles. The van der Waals surface area contributed by atoms with Crippen LogP contribution in [0, 0.1) is 0 Å². The molecule has 0 bridgehead atoms. The Morgan fingerprint density at radius 2 is 1.16 bits per heavy atom. The first kappa shape index (κ1) is 18.8. The van der Waals surface area contributed by atoms with E-state index in [2.05, 4.69) is 6.92 Å². The minimum atomic E-state index is -1.51. The Labute approximate surface area is 115 Å². The van der Waals surface area contributed by atoms with Crippen LogP contribution in [0.25, 0.3) is 0 Å². The SMILES string of the molecule is CCCCCCCCCC(O)C(O)C(O)C(O)CO. The molecule has 0 spiro atoms. The number of rotatable bonds is 12. The van der Waals surface area contributed by atoms with Crippen molar-refractivity contribution in [2.24, 2.45) is 0 Å². The van der Waals surface area contributed by atoms with Crippen LogP contribution in [0.4, 0.5) is 0 Å². The number of aliphatic hydroxyl groups excluding tert-OH is 5. The van der Waals surface area contributed by atoms with Gasteiger partial charge in [0.2, 0.25) is 0 Å². The summed E-state index contributed by atoms with van der Waals surface area (Å²) in [6.45, 7) is 1.53. The first-order valence-corrected chi connectivity index (χ1v) is 7.37. The summed E-state index contributed by atoms with van der Waals surface area (Å²) in [6, 6.07) is 0. The standard InChI is InChI=1S/C14H30O5/c1-2-3-4-5-6-7-8-9-11(16)13(18)14(19)12(17)10-15/h11-19H,2-10H2,1H3. The van der Waals surface area contributed by atoms with Gasteiger partial charge in [-0.05, 0) is 6.42 Å². The van der Waals surface area contributed by atoms with Crippen molar-refractivity contribution in [2.45, 2.75) is 82.7 Å². The van der Waals surface area contributed by atoms with Crippen LogP contribution in [0.1, 0.15) is 58.3 Å². The highest BCUT2D eigenvalue weighted by Crippen LogP contribution is 2.13. The Hall–Kier alpha value is -0.200. The normalized spacial score (nSPS) is 18.0. The second-order valence-corrected chi connectivity index (χ2v) is 5.21. The Kier molecular flexibility index (Phi) is 11.5. The summed E-state index contributed by atoms with van der Waals surface area (Å²) in [5.74, 6) is 0. The van der Waals surface area contributed by atoms with E-state index in [1.807, 2.05) is 0 Å². The maximum atomic E-state index is 9.67. The van der Waals surface area contributed by atoms with Crippen LogP contribution in [0.5, 0.6) is 0 Å². The second-order valence-electron chi connectivity index (χ2n) is 5.21. The third-order valence-electron chi connectivity index (χ3n) is 3.43. The van der Waals surface area contributed by atoms with E-state index in [1.165, 1.54) is 25.7 Å². The molecule has 116 valence electrons. The van der Waals surface area contributed by atoms with Gasteiger partial charge in [0.05, 0.1) is 12.7 Å². The minimum Gasteiger partial charge on any atom is -0.394 e. The van der Waals surface area contributed by atoms with Crippen molar-refractivity contribution in [2.75, 3.05) is 6.61 Å². The van der Waals surface area contributed by atoms with Gasteiger partial charge < -0.3 is 25.5 Å². The van der Waals surface area contributed by atoms with Crippen molar-refractivity contribution in [3.63, 3.8) is 0 Å². The lowest BCUT2D eigenvalue weighted by atomic mass is 9.98. The van der Waals surface area contributed by atoms with Gasteiger partial charge in [0, 0.05) is 0 Å². The van der Waals surface area contributed by atoms with Crippen LogP contribution in [-0.4, -0.2) is 56.6 Å². The fraction of sp³-hybridized carbons (Fsp3) is 1.00. The summed E-state index contributed by atoms with van der Waals surface area (Å²) in [7, 11) is 0. The van der Waals surface area contributed by atoms with Gasteiger partial charge in [-0.1, -0.05) is 51.9 Å². The summed E-state index contributed by atoms with van der Waals surface area (Å²) in [4.78, 5) is 0. The van der Waals surface area contributed by atoms with E-state index in [0.717, 1.165) is 19.3 Å². The fourth-order valence-corrected chi connectivity index (χ4v) is 2.04. The summed E-state index contributed by atoms with van der Waals surface area (Å²) in [5.41, 5.74) is 0. The molecule has 5 N–H and O–H groups in total. The lowest BCUT2D eigenvalue weighted by Gasteiger charge is -2.25. The zero-order valence-corrected chi connectivity index (χ0v) is 11.9. The number of aliphatic hydroxyl groups is 5. The van der Waals surface area contributed by atoms with Crippen LogP contribution in [-0.2, 0) is 0 Å². The van der Waals surface area contributed by atoms with Crippen LogP contribution < -0.4 is 0 Å². The van der Waals surface area contributed by atoms with Gasteiger partial charge in [0.1, 0.15) is 18.3 Å². The number of hydrogen-bond donors (Lipinski definition) is 5. The highest BCUT2D eigenvalue weighted by molar-refractivity contribution is 4.80. The first-order chi connectivity index (χ1) is 9.04. The monoisotopic (exact) mass is 278 g/mol. The van der Waals surface area contributed by atoms with Crippen molar-refractivity contribution < 1.29 is 25.5 Å². The fourth-order valence-electron chi connectivity index (χ4n) is 2.04. The van der Waals surface area contributed by atoms with E-state index in [-0.39, 0.29) is 0 Å². The quantitative estimate of drug-likeness (QED) is 0.336. The molecule has 0 radical (unpaired) electrons. The van der Waals surface area contributed by atoms with Crippen molar-refractivity contribution in [3.8, 4) is 0 Å². The molecular weight excluding hydrogens is 248 g/mol. The molecule has 0 aliphatic rings. The number of hydrogen-bond acceptors (Lipinski definition) is 5. The highest BCUT2D eigenvalue weighted by Gasteiger charge is 2.29. The van der Waals surface area contributed by atoms with E-state index in [4.69, 9.17) is 10.2 Å². The Morgan fingerprint density at radius 3 is 1.68 bits per heavy atom. The van der Waals surface area contributed by atoms with Gasteiger partial charge in [-0.2, -0.15) is 0 Å². The molecule has 4 atom stereocenters. The van der Waals surface area contributed by atoms with Crippen LogP contribution in [0.3, 0.4) is 0 Å². The zero-order valence-electron chi connectivity index (χ0n) is 11.9. The van der Waals surface area contributed by atoms with Gasteiger partial charge >= 0.3 is 0 Å². The van der Waals surface area contributed by atoms with E-state index in [0.29, 0.717) is 6.42 Å². The second kappa shape index (κ2) is 11.6. The molecular formula is C14H30O5. The molecule has 0 aromatic carbocycles. The molecule has 0 heterocycles. The van der Waals surface area contributed by atoms with E-state index >= 15 is 0 Å². The minimum absolute atomic E-state index is 0.393. The molecule has 5 nitrogen and oxygen atoms in total. The summed E-state index contributed by atoms with van der Waals surface area (Å²) >= 11 is 0.